The lowest BCUT2D eigenvalue weighted by atomic mass is 10.0. The van der Waals surface area contributed by atoms with Crippen LogP contribution in [0.3, 0.4) is 0 Å². The molecule has 1 aromatic heterocycles. The average molecular weight is 323 g/mol. The molecule has 1 aromatic carbocycles. The van der Waals surface area contributed by atoms with Crippen molar-refractivity contribution in [2.75, 3.05) is 0 Å². The van der Waals surface area contributed by atoms with Crippen LogP contribution in [0.1, 0.15) is 32.3 Å². The van der Waals surface area contributed by atoms with Crippen LogP contribution in [-0.4, -0.2) is 27.6 Å². The average Bonchev–Trinajstić information content (AvgIpc) is 3.09. The standard InChI is InChI=1S/C19H21N3O2/c1-3-14-7-9-15(10-8-14)18-12-22(21-20-18)17-6-4-5-16(11-17)19-23-13(2)24-19/h6-13,19H,3-5H2,1-2H3. The van der Waals surface area contributed by atoms with Crippen LogP contribution in [0.25, 0.3) is 17.0 Å². The van der Waals surface area contributed by atoms with E-state index in [-0.39, 0.29) is 12.6 Å². The van der Waals surface area contributed by atoms with Crippen molar-refractivity contribution in [3.05, 3.63) is 53.8 Å². The zero-order valence-electron chi connectivity index (χ0n) is 14.0. The molecule has 0 spiro atoms. The van der Waals surface area contributed by atoms with Crippen molar-refractivity contribution >= 4 is 5.70 Å². The first-order valence-electron chi connectivity index (χ1n) is 8.46. The molecule has 124 valence electrons. The molecule has 1 fully saturated rings. The highest BCUT2D eigenvalue weighted by Gasteiger charge is 2.31. The second-order valence-corrected chi connectivity index (χ2v) is 6.16. The molecule has 2 aliphatic rings. The minimum absolute atomic E-state index is 0.102. The first-order valence-corrected chi connectivity index (χ1v) is 8.46. The van der Waals surface area contributed by atoms with Gasteiger partial charge in [0.2, 0.25) is 0 Å². The maximum atomic E-state index is 5.60. The summed E-state index contributed by atoms with van der Waals surface area (Å²) in [5.41, 5.74) is 5.47. The second-order valence-electron chi connectivity index (χ2n) is 6.16. The topological polar surface area (TPSA) is 49.2 Å². The third-order valence-corrected chi connectivity index (χ3v) is 4.47. The predicted octanol–water partition coefficient (Wildman–Crippen LogP) is 3.79. The number of allylic oxidation sites excluding steroid dienone is 3. The molecule has 5 nitrogen and oxygen atoms in total. The van der Waals surface area contributed by atoms with Gasteiger partial charge < -0.3 is 9.47 Å². The van der Waals surface area contributed by atoms with Gasteiger partial charge in [0.05, 0.1) is 11.9 Å². The lowest BCUT2D eigenvalue weighted by Gasteiger charge is -2.36. The normalized spacial score (nSPS) is 23.4. The van der Waals surface area contributed by atoms with Crippen molar-refractivity contribution in [3.8, 4) is 11.3 Å². The first kappa shape index (κ1) is 15.3. The van der Waals surface area contributed by atoms with E-state index in [9.17, 15) is 0 Å². The molecule has 0 unspecified atom stereocenters. The number of hydrogen-bond acceptors (Lipinski definition) is 4. The van der Waals surface area contributed by atoms with Crippen molar-refractivity contribution in [2.24, 2.45) is 0 Å². The highest BCUT2D eigenvalue weighted by Crippen LogP contribution is 2.31. The Kier molecular flexibility index (Phi) is 4.04. The number of hydrogen-bond donors (Lipinski definition) is 0. The zero-order chi connectivity index (χ0) is 16.5. The van der Waals surface area contributed by atoms with E-state index in [0.29, 0.717) is 0 Å². The Balaban J connectivity index is 1.54. The lowest BCUT2D eigenvalue weighted by Crippen LogP contribution is -2.40. The fraction of sp³-hybridized carbons (Fsp3) is 0.368. The Morgan fingerprint density at radius 3 is 2.71 bits per heavy atom. The molecule has 0 N–H and O–H groups in total. The molecule has 24 heavy (non-hydrogen) atoms. The van der Waals surface area contributed by atoms with Crippen LogP contribution in [0.2, 0.25) is 0 Å². The molecule has 1 saturated heterocycles. The van der Waals surface area contributed by atoms with Crippen molar-refractivity contribution in [1.82, 2.24) is 15.0 Å². The summed E-state index contributed by atoms with van der Waals surface area (Å²) >= 11 is 0. The van der Waals surface area contributed by atoms with Crippen LogP contribution in [0, 0.1) is 0 Å². The number of ether oxygens (including phenoxy) is 2. The largest absolute Gasteiger partial charge is 0.320 e. The van der Waals surface area contributed by atoms with Crippen LogP contribution in [0.4, 0.5) is 0 Å². The zero-order valence-corrected chi connectivity index (χ0v) is 14.0. The van der Waals surface area contributed by atoms with E-state index in [4.69, 9.17) is 9.47 Å². The Hall–Kier alpha value is -2.24. The van der Waals surface area contributed by atoms with Crippen LogP contribution in [0.15, 0.2) is 48.2 Å². The highest BCUT2D eigenvalue weighted by molar-refractivity contribution is 5.63. The van der Waals surface area contributed by atoms with Gasteiger partial charge in [0, 0.05) is 5.56 Å². The third kappa shape index (κ3) is 2.92. The summed E-state index contributed by atoms with van der Waals surface area (Å²) in [7, 11) is 0. The Morgan fingerprint density at radius 1 is 1.21 bits per heavy atom. The summed E-state index contributed by atoms with van der Waals surface area (Å²) < 4.78 is 13.0. The van der Waals surface area contributed by atoms with E-state index < -0.39 is 0 Å². The van der Waals surface area contributed by atoms with E-state index in [1.165, 1.54) is 5.56 Å². The van der Waals surface area contributed by atoms with E-state index >= 15 is 0 Å². The Bertz CT molecular complexity index is 783. The molecule has 0 bridgehead atoms. The van der Waals surface area contributed by atoms with Gasteiger partial charge in [0.25, 0.3) is 0 Å². The van der Waals surface area contributed by atoms with Crippen LogP contribution in [0.5, 0.6) is 0 Å². The van der Waals surface area contributed by atoms with E-state index in [1.807, 2.05) is 17.8 Å². The van der Waals surface area contributed by atoms with E-state index in [0.717, 1.165) is 41.8 Å². The van der Waals surface area contributed by atoms with Crippen molar-refractivity contribution in [2.45, 2.75) is 45.7 Å². The molecule has 0 amide bonds. The summed E-state index contributed by atoms with van der Waals surface area (Å²) in [6, 6.07) is 8.47. The molecule has 0 radical (unpaired) electrons. The molecule has 0 saturated carbocycles. The minimum Gasteiger partial charge on any atom is -0.320 e. The van der Waals surface area contributed by atoms with Crippen LogP contribution >= 0.6 is 0 Å². The maximum absolute atomic E-state index is 5.60. The highest BCUT2D eigenvalue weighted by atomic mass is 16.9. The summed E-state index contributed by atoms with van der Waals surface area (Å²) in [6.07, 6.45) is 8.89. The summed E-state index contributed by atoms with van der Waals surface area (Å²) in [6.45, 7) is 4.06. The molecule has 4 rings (SSSR count). The van der Waals surface area contributed by atoms with Gasteiger partial charge in [0.1, 0.15) is 5.69 Å². The van der Waals surface area contributed by atoms with Gasteiger partial charge in [-0.3, -0.25) is 0 Å². The molecule has 1 aliphatic carbocycles. The Morgan fingerprint density at radius 2 is 2.00 bits per heavy atom. The summed E-state index contributed by atoms with van der Waals surface area (Å²) in [4.78, 5) is 0. The minimum atomic E-state index is -0.201. The molecule has 5 heteroatoms. The smallest absolute Gasteiger partial charge is 0.186 e. The fourth-order valence-corrected chi connectivity index (χ4v) is 3.02. The quantitative estimate of drug-likeness (QED) is 0.859. The SMILES string of the molecule is CCc1ccc(-c2cn(C3=CCCC(C4OC(C)O4)=C3)nn2)cc1. The second kappa shape index (κ2) is 6.34. The number of rotatable bonds is 4. The number of benzene rings is 1. The number of nitrogens with zero attached hydrogens (tertiary/aromatic N) is 3. The van der Waals surface area contributed by atoms with Gasteiger partial charge in [-0.2, -0.15) is 0 Å². The van der Waals surface area contributed by atoms with Crippen molar-refractivity contribution in [1.29, 1.82) is 0 Å². The monoisotopic (exact) mass is 323 g/mol. The Labute approximate surface area is 141 Å². The van der Waals surface area contributed by atoms with Gasteiger partial charge in [-0.1, -0.05) is 42.5 Å². The van der Waals surface area contributed by atoms with Crippen molar-refractivity contribution < 1.29 is 9.47 Å². The van der Waals surface area contributed by atoms with Gasteiger partial charge in [-0.15, -0.1) is 5.10 Å². The molecular weight excluding hydrogens is 302 g/mol. The van der Waals surface area contributed by atoms with Gasteiger partial charge in [-0.05, 0) is 43.4 Å². The van der Waals surface area contributed by atoms with Crippen molar-refractivity contribution in [3.63, 3.8) is 0 Å². The van der Waals surface area contributed by atoms with Gasteiger partial charge in [-0.25, -0.2) is 4.68 Å². The molecule has 2 aromatic rings. The van der Waals surface area contributed by atoms with E-state index in [2.05, 4.69) is 53.7 Å². The summed E-state index contributed by atoms with van der Waals surface area (Å²) in [5.74, 6) is 0. The van der Waals surface area contributed by atoms with Crippen LogP contribution in [-0.2, 0) is 15.9 Å². The predicted molar refractivity (Wildman–Crippen MR) is 91.8 cm³/mol. The first-order chi connectivity index (χ1) is 11.7. The summed E-state index contributed by atoms with van der Waals surface area (Å²) in [5, 5.41) is 8.60. The number of aryl methyl sites for hydroxylation is 1. The molecule has 1 aliphatic heterocycles. The maximum Gasteiger partial charge on any atom is 0.186 e. The van der Waals surface area contributed by atoms with E-state index in [1.54, 1.807) is 0 Å². The molecular formula is C19H21N3O2. The van der Waals surface area contributed by atoms with Crippen LogP contribution < -0.4 is 0 Å². The van der Waals surface area contributed by atoms with Gasteiger partial charge >= 0.3 is 0 Å². The number of aromatic nitrogens is 3. The third-order valence-electron chi connectivity index (χ3n) is 4.47. The lowest BCUT2D eigenvalue weighted by molar-refractivity contribution is -0.359. The van der Waals surface area contributed by atoms with Gasteiger partial charge in [0.15, 0.2) is 12.6 Å². The molecule has 0 atom stereocenters. The fourth-order valence-electron chi connectivity index (χ4n) is 3.02. The molecule has 2 heterocycles.